The summed E-state index contributed by atoms with van der Waals surface area (Å²) in [5.74, 6) is 1.02. The highest BCUT2D eigenvalue weighted by Gasteiger charge is 2.14. The standard InChI is InChI=1S/C15H20BrN3/c1-3-14(15-17-8-9-18-15)19-11(2)10-12-4-6-13(16)7-5-12/h4-9,11,14,19H,3,10H2,1-2H3,(H,17,18). The Labute approximate surface area is 123 Å². The molecule has 2 N–H and O–H groups in total. The van der Waals surface area contributed by atoms with Gasteiger partial charge in [0.25, 0.3) is 0 Å². The number of nitrogens with zero attached hydrogens (tertiary/aromatic N) is 1. The van der Waals surface area contributed by atoms with Gasteiger partial charge < -0.3 is 10.3 Å². The molecule has 0 fully saturated rings. The normalized spacial score (nSPS) is 14.3. The lowest BCUT2D eigenvalue weighted by molar-refractivity contribution is 0.430. The van der Waals surface area contributed by atoms with Crippen molar-refractivity contribution in [2.75, 3.05) is 0 Å². The van der Waals surface area contributed by atoms with Crippen LogP contribution in [-0.2, 0) is 6.42 Å². The zero-order valence-electron chi connectivity index (χ0n) is 11.4. The van der Waals surface area contributed by atoms with E-state index in [1.54, 1.807) is 6.20 Å². The molecule has 0 aliphatic carbocycles. The Kier molecular flexibility index (Phi) is 5.16. The summed E-state index contributed by atoms with van der Waals surface area (Å²) in [6.45, 7) is 4.39. The van der Waals surface area contributed by atoms with Crippen molar-refractivity contribution < 1.29 is 0 Å². The molecule has 0 bridgehead atoms. The smallest absolute Gasteiger partial charge is 0.123 e. The second-order valence-corrected chi connectivity index (χ2v) is 5.75. The number of aromatic amines is 1. The molecule has 0 aliphatic heterocycles. The van der Waals surface area contributed by atoms with Gasteiger partial charge in [0.15, 0.2) is 0 Å². The number of nitrogens with one attached hydrogen (secondary N) is 2. The predicted octanol–water partition coefficient (Wildman–Crippen LogP) is 3.84. The first kappa shape index (κ1) is 14.3. The van der Waals surface area contributed by atoms with Gasteiger partial charge in [-0.2, -0.15) is 0 Å². The van der Waals surface area contributed by atoms with Crippen LogP contribution in [0.2, 0.25) is 0 Å². The number of hydrogen-bond donors (Lipinski definition) is 2. The summed E-state index contributed by atoms with van der Waals surface area (Å²) in [7, 11) is 0. The van der Waals surface area contributed by atoms with Gasteiger partial charge in [0, 0.05) is 22.9 Å². The Morgan fingerprint density at radius 1 is 1.32 bits per heavy atom. The lowest BCUT2D eigenvalue weighted by Gasteiger charge is -2.21. The number of hydrogen-bond acceptors (Lipinski definition) is 2. The van der Waals surface area contributed by atoms with E-state index in [2.05, 4.69) is 69.3 Å². The predicted molar refractivity (Wildman–Crippen MR) is 82.1 cm³/mol. The summed E-state index contributed by atoms with van der Waals surface area (Å²) in [6, 6.07) is 9.21. The third-order valence-corrected chi connectivity index (χ3v) is 3.73. The van der Waals surface area contributed by atoms with Crippen LogP contribution in [0, 0.1) is 0 Å². The summed E-state index contributed by atoms with van der Waals surface area (Å²) in [6.07, 6.45) is 5.72. The third-order valence-electron chi connectivity index (χ3n) is 3.20. The zero-order chi connectivity index (χ0) is 13.7. The molecule has 0 radical (unpaired) electrons. The molecule has 1 aromatic carbocycles. The molecule has 0 saturated carbocycles. The summed E-state index contributed by atoms with van der Waals surface area (Å²) < 4.78 is 1.12. The van der Waals surface area contributed by atoms with Gasteiger partial charge in [0.2, 0.25) is 0 Å². The van der Waals surface area contributed by atoms with E-state index >= 15 is 0 Å². The number of imidazole rings is 1. The number of benzene rings is 1. The van der Waals surface area contributed by atoms with E-state index in [-0.39, 0.29) is 0 Å². The lowest BCUT2D eigenvalue weighted by atomic mass is 10.1. The molecule has 0 aliphatic rings. The number of rotatable bonds is 6. The SMILES string of the molecule is CCC(NC(C)Cc1ccc(Br)cc1)c1ncc[nH]1. The van der Waals surface area contributed by atoms with E-state index in [0.29, 0.717) is 12.1 Å². The van der Waals surface area contributed by atoms with Gasteiger partial charge in [-0.3, -0.25) is 0 Å². The molecular formula is C15H20BrN3. The zero-order valence-corrected chi connectivity index (χ0v) is 12.9. The fraction of sp³-hybridized carbons (Fsp3) is 0.400. The number of H-pyrrole nitrogens is 1. The van der Waals surface area contributed by atoms with E-state index in [4.69, 9.17) is 0 Å². The van der Waals surface area contributed by atoms with Crippen molar-refractivity contribution in [3.63, 3.8) is 0 Å². The van der Waals surface area contributed by atoms with E-state index in [1.165, 1.54) is 5.56 Å². The molecule has 2 atom stereocenters. The van der Waals surface area contributed by atoms with Gasteiger partial charge in [-0.1, -0.05) is 35.0 Å². The molecule has 2 aromatic rings. The Hall–Kier alpha value is -1.13. The molecule has 0 spiro atoms. The Bertz CT molecular complexity index is 479. The average Bonchev–Trinajstić information content (AvgIpc) is 2.92. The summed E-state index contributed by atoms with van der Waals surface area (Å²) in [5, 5.41) is 3.63. The summed E-state index contributed by atoms with van der Waals surface area (Å²) >= 11 is 3.46. The first-order chi connectivity index (χ1) is 9.19. The van der Waals surface area contributed by atoms with Crippen molar-refractivity contribution in [3.05, 3.63) is 52.5 Å². The van der Waals surface area contributed by atoms with Gasteiger partial charge >= 0.3 is 0 Å². The van der Waals surface area contributed by atoms with Crippen molar-refractivity contribution in [2.24, 2.45) is 0 Å². The molecule has 2 rings (SSSR count). The van der Waals surface area contributed by atoms with E-state index in [0.717, 1.165) is 23.1 Å². The maximum absolute atomic E-state index is 4.33. The van der Waals surface area contributed by atoms with Gasteiger partial charge in [0.1, 0.15) is 5.82 Å². The summed E-state index contributed by atoms with van der Waals surface area (Å²) in [4.78, 5) is 7.52. The van der Waals surface area contributed by atoms with Gasteiger partial charge in [-0.05, 0) is 37.5 Å². The highest BCUT2D eigenvalue weighted by molar-refractivity contribution is 9.10. The molecule has 3 nitrogen and oxygen atoms in total. The first-order valence-corrected chi connectivity index (χ1v) is 7.48. The van der Waals surface area contributed by atoms with Crippen LogP contribution in [0.1, 0.15) is 37.7 Å². The van der Waals surface area contributed by atoms with Crippen LogP contribution in [-0.4, -0.2) is 16.0 Å². The van der Waals surface area contributed by atoms with Crippen LogP contribution in [0.25, 0.3) is 0 Å². The monoisotopic (exact) mass is 321 g/mol. The van der Waals surface area contributed by atoms with E-state index in [9.17, 15) is 0 Å². The van der Waals surface area contributed by atoms with Crippen LogP contribution in [0.3, 0.4) is 0 Å². The minimum absolute atomic E-state index is 0.292. The number of aromatic nitrogens is 2. The molecule has 0 saturated heterocycles. The highest BCUT2D eigenvalue weighted by atomic mass is 79.9. The van der Waals surface area contributed by atoms with Gasteiger partial charge in [-0.25, -0.2) is 4.98 Å². The van der Waals surface area contributed by atoms with Crippen molar-refractivity contribution in [1.82, 2.24) is 15.3 Å². The molecule has 102 valence electrons. The summed E-state index contributed by atoms with van der Waals surface area (Å²) in [5.41, 5.74) is 1.34. The van der Waals surface area contributed by atoms with Gasteiger partial charge in [0.05, 0.1) is 6.04 Å². The van der Waals surface area contributed by atoms with Crippen LogP contribution >= 0.6 is 15.9 Å². The molecule has 4 heteroatoms. The fourth-order valence-corrected chi connectivity index (χ4v) is 2.50. The minimum Gasteiger partial charge on any atom is -0.347 e. The first-order valence-electron chi connectivity index (χ1n) is 6.68. The van der Waals surface area contributed by atoms with Crippen LogP contribution in [0.15, 0.2) is 41.1 Å². The van der Waals surface area contributed by atoms with E-state index < -0.39 is 0 Å². The maximum Gasteiger partial charge on any atom is 0.123 e. The molecular weight excluding hydrogens is 302 g/mol. The molecule has 1 heterocycles. The fourth-order valence-electron chi connectivity index (χ4n) is 2.23. The molecule has 2 unspecified atom stereocenters. The number of halogens is 1. The molecule has 1 aromatic heterocycles. The van der Waals surface area contributed by atoms with Crippen LogP contribution in [0.4, 0.5) is 0 Å². The second kappa shape index (κ2) is 6.87. The Morgan fingerprint density at radius 3 is 2.63 bits per heavy atom. The van der Waals surface area contributed by atoms with Crippen molar-refractivity contribution in [3.8, 4) is 0 Å². The van der Waals surface area contributed by atoms with Crippen molar-refractivity contribution in [2.45, 2.75) is 38.8 Å². The van der Waals surface area contributed by atoms with Crippen molar-refractivity contribution in [1.29, 1.82) is 0 Å². The third kappa shape index (κ3) is 4.18. The van der Waals surface area contributed by atoms with Crippen molar-refractivity contribution >= 4 is 15.9 Å². The Balaban J connectivity index is 1.93. The quantitative estimate of drug-likeness (QED) is 0.848. The molecule has 0 amide bonds. The largest absolute Gasteiger partial charge is 0.347 e. The van der Waals surface area contributed by atoms with E-state index in [1.807, 2.05) is 6.20 Å². The van der Waals surface area contributed by atoms with Crippen LogP contribution < -0.4 is 5.32 Å². The molecule has 19 heavy (non-hydrogen) atoms. The Morgan fingerprint density at radius 2 is 2.05 bits per heavy atom. The van der Waals surface area contributed by atoms with Crippen LogP contribution in [0.5, 0.6) is 0 Å². The second-order valence-electron chi connectivity index (χ2n) is 4.83. The van der Waals surface area contributed by atoms with Gasteiger partial charge in [-0.15, -0.1) is 0 Å². The minimum atomic E-state index is 0.292. The topological polar surface area (TPSA) is 40.7 Å². The lowest BCUT2D eigenvalue weighted by Crippen LogP contribution is -2.32. The maximum atomic E-state index is 4.33. The average molecular weight is 322 g/mol. The highest BCUT2D eigenvalue weighted by Crippen LogP contribution is 2.15.